The van der Waals surface area contributed by atoms with Crippen LogP contribution >= 0.6 is 0 Å². The molecule has 3 heteroatoms. The van der Waals surface area contributed by atoms with Crippen molar-refractivity contribution in [2.24, 2.45) is 5.41 Å². The van der Waals surface area contributed by atoms with E-state index in [1.165, 1.54) is 16.7 Å². The first-order valence-corrected chi connectivity index (χ1v) is 12.3. The molecule has 0 saturated heterocycles. The van der Waals surface area contributed by atoms with Crippen LogP contribution in [0.25, 0.3) is 0 Å². The van der Waals surface area contributed by atoms with Gasteiger partial charge in [-0.15, -0.1) is 0 Å². The molecular weight excluding hydrogens is 391 g/mol. The van der Waals surface area contributed by atoms with Gasteiger partial charge in [0.25, 0.3) is 0 Å². The maximum atomic E-state index is 5.89. The second-order valence-electron chi connectivity index (χ2n) is 5.39. The van der Waals surface area contributed by atoms with E-state index >= 15 is 0 Å². The van der Waals surface area contributed by atoms with Gasteiger partial charge in [0.1, 0.15) is 0 Å². The summed E-state index contributed by atoms with van der Waals surface area (Å²) in [6.07, 6.45) is 0. The van der Waals surface area contributed by atoms with Gasteiger partial charge in [0.15, 0.2) is 0 Å². The Bertz CT molecular complexity index is 361. The van der Waals surface area contributed by atoms with Crippen LogP contribution in [0.3, 0.4) is 0 Å². The molecule has 1 rings (SSSR count). The fourth-order valence-electron chi connectivity index (χ4n) is 2.64. The average Bonchev–Trinajstić information content (AvgIpc) is 2.45. The summed E-state index contributed by atoms with van der Waals surface area (Å²) >= 11 is -2.31. The first-order chi connectivity index (χ1) is 8.36. The average molecular weight is 418 g/mol. The van der Waals surface area contributed by atoms with Crippen molar-refractivity contribution in [1.82, 2.24) is 0 Å². The molecule has 0 saturated carbocycles. The van der Waals surface area contributed by atoms with Crippen molar-refractivity contribution >= 4 is 0 Å². The third kappa shape index (κ3) is 3.23. The molecular formula is C15H27HfO2. The fourth-order valence-corrected chi connectivity index (χ4v) is 9.56. The Balaban J connectivity index is 2.90. The molecule has 0 fully saturated rings. The summed E-state index contributed by atoms with van der Waals surface area (Å²) in [5.74, 6) is 0. The van der Waals surface area contributed by atoms with Gasteiger partial charge < -0.3 is 0 Å². The quantitative estimate of drug-likeness (QED) is 0.587. The predicted molar refractivity (Wildman–Crippen MR) is 72.9 cm³/mol. The van der Waals surface area contributed by atoms with Crippen LogP contribution in [0.1, 0.15) is 48.5 Å². The van der Waals surface area contributed by atoms with Gasteiger partial charge in [-0.25, -0.2) is 0 Å². The van der Waals surface area contributed by atoms with Crippen LogP contribution in [-0.4, -0.2) is 13.2 Å². The van der Waals surface area contributed by atoms with Gasteiger partial charge in [0.05, 0.1) is 0 Å². The van der Waals surface area contributed by atoms with Crippen molar-refractivity contribution in [3.05, 3.63) is 22.3 Å². The SMILES string of the molecule is CC[O][Hf]([CH2]C1=C(C)C(C)=C(C)C1(C)C)[O]CC. The molecule has 18 heavy (non-hydrogen) atoms. The van der Waals surface area contributed by atoms with Gasteiger partial charge in [-0.3, -0.25) is 0 Å². The van der Waals surface area contributed by atoms with E-state index in [1.54, 1.807) is 5.57 Å². The number of rotatable bonds is 6. The zero-order valence-electron chi connectivity index (χ0n) is 12.9. The number of hydrogen-bond acceptors (Lipinski definition) is 2. The van der Waals surface area contributed by atoms with Crippen molar-refractivity contribution in [3.8, 4) is 0 Å². The number of allylic oxidation sites excluding steroid dienone is 4. The fraction of sp³-hybridized carbons (Fsp3) is 0.733. The van der Waals surface area contributed by atoms with E-state index in [4.69, 9.17) is 5.71 Å². The normalized spacial score (nSPS) is 18.8. The summed E-state index contributed by atoms with van der Waals surface area (Å²) in [7, 11) is 0. The molecule has 0 aromatic heterocycles. The third-order valence-electron chi connectivity index (χ3n) is 4.20. The Morgan fingerprint density at radius 1 is 0.944 bits per heavy atom. The van der Waals surface area contributed by atoms with Crippen LogP contribution in [0, 0.1) is 5.41 Å². The van der Waals surface area contributed by atoms with Crippen molar-refractivity contribution in [1.29, 1.82) is 0 Å². The van der Waals surface area contributed by atoms with Crippen molar-refractivity contribution < 1.29 is 28.0 Å². The molecule has 0 heterocycles. The van der Waals surface area contributed by atoms with E-state index in [-0.39, 0.29) is 5.41 Å². The van der Waals surface area contributed by atoms with Crippen LogP contribution in [0.4, 0.5) is 0 Å². The molecule has 0 aromatic carbocycles. The van der Waals surface area contributed by atoms with E-state index in [0.717, 1.165) is 17.4 Å². The molecule has 0 aromatic rings. The number of hydrogen-bond donors (Lipinski definition) is 0. The Hall–Kier alpha value is 0.270. The van der Waals surface area contributed by atoms with Crippen LogP contribution in [0.5, 0.6) is 0 Å². The molecule has 0 bridgehead atoms. The molecule has 0 unspecified atom stereocenters. The van der Waals surface area contributed by atoms with Gasteiger partial charge in [0.2, 0.25) is 0 Å². The first-order valence-electron chi connectivity index (χ1n) is 6.86. The van der Waals surface area contributed by atoms with E-state index < -0.39 is 22.3 Å². The Labute approximate surface area is 121 Å². The van der Waals surface area contributed by atoms with Crippen molar-refractivity contribution in [2.75, 3.05) is 13.2 Å². The van der Waals surface area contributed by atoms with Gasteiger partial charge >= 0.3 is 122 Å². The monoisotopic (exact) mass is 419 g/mol. The molecule has 1 aliphatic carbocycles. The maximum absolute atomic E-state index is 5.89. The van der Waals surface area contributed by atoms with Crippen LogP contribution in [0.2, 0.25) is 4.18 Å². The summed E-state index contributed by atoms with van der Waals surface area (Å²) in [5, 5.41) is 0. The van der Waals surface area contributed by atoms with Gasteiger partial charge in [-0.05, 0) is 0 Å². The summed E-state index contributed by atoms with van der Waals surface area (Å²) < 4.78 is 12.9. The minimum absolute atomic E-state index is 0.193. The van der Waals surface area contributed by atoms with E-state index in [1.807, 2.05) is 0 Å². The molecule has 2 nitrogen and oxygen atoms in total. The van der Waals surface area contributed by atoms with E-state index in [0.29, 0.717) is 0 Å². The van der Waals surface area contributed by atoms with Crippen LogP contribution in [0.15, 0.2) is 22.3 Å². The zero-order valence-corrected chi connectivity index (χ0v) is 16.5. The molecule has 1 aliphatic rings. The van der Waals surface area contributed by atoms with Crippen LogP contribution < -0.4 is 0 Å². The van der Waals surface area contributed by atoms with E-state index in [2.05, 4.69) is 48.5 Å². The van der Waals surface area contributed by atoms with Gasteiger partial charge in [0, 0.05) is 0 Å². The van der Waals surface area contributed by atoms with E-state index in [9.17, 15) is 0 Å². The second kappa shape index (κ2) is 6.62. The molecule has 0 atom stereocenters. The Morgan fingerprint density at radius 2 is 1.44 bits per heavy atom. The van der Waals surface area contributed by atoms with Gasteiger partial charge in [-0.2, -0.15) is 0 Å². The molecule has 0 aliphatic heterocycles. The first kappa shape index (κ1) is 16.3. The van der Waals surface area contributed by atoms with Gasteiger partial charge in [-0.1, -0.05) is 0 Å². The predicted octanol–water partition coefficient (Wildman–Crippen LogP) is 4.62. The van der Waals surface area contributed by atoms with Crippen molar-refractivity contribution in [2.45, 2.75) is 52.6 Å². The molecule has 0 radical (unpaired) electrons. The summed E-state index contributed by atoms with van der Waals surface area (Å²) in [6.45, 7) is 17.1. The zero-order chi connectivity index (χ0) is 13.9. The Kier molecular flexibility index (Phi) is 6.01. The third-order valence-corrected chi connectivity index (χ3v) is 10.9. The molecule has 0 N–H and O–H groups in total. The molecule has 0 amide bonds. The summed E-state index contributed by atoms with van der Waals surface area (Å²) in [5.41, 5.74) is 6.20. The second-order valence-corrected chi connectivity index (χ2v) is 11.4. The topological polar surface area (TPSA) is 18.5 Å². The standard InChI is InChI=1S/C11H17.2C2H5O.Hf/c1-7-8(2)10(4)11(5,6)9(7)3;2*1-2-3;/h3H2,1-2,4-6H3;2*2H2,1H3;/q;2*-1;+2. The van der Waals surface area contributed by atoms with Crippen LogP contribution in [-0.2, 0) is 28.0 Å². The minimum atomic E-state index is -2.31. The summed E-state index contributed by atoms with van der Waals surface area (Å²) in [4.78, 5) is 0. The van der Waals surface area contributed by atoms with Crippen molar-refractivity contribution in [3.63, 3.8) is 0 Å². The Morgan fingerprint density at radius 3 is 1.78 bits per heavy atom. The molecule has 0 spiro atoms. The summed E-state index contributed by atoms with van der Waals surface area (Å²) in [6, 6.07) is 0. The molecule has 103 valence electrons.